The third-order valence-electron chi connectivity index (χ3n) is 7.77. The van der Waals surface area contributed by atoms with Gasteiger partial charge in [-0.3, -0.25) is 13.8 Å². The van der Waals surface area contributed by atoms with Crippen LogP contribution in [0.3, 0.4) is 0 Å². The Kier molecular flexibility index (Phi) is 33.9. The van der Waals surface area contributed by atoms with E-state index in [2.05, 4.69) is 87.6 Å². The molecule has 1 fully saturated rings. The van der Waals surface area contributed by atoms with Crippen LogP contribution in [0, 0.1) is 31.1 Å². The van der Waals surface area contributed by atoms with Crippen molar-refractivity contribution >= 4 is 22.6 Å². The second-order valence-electron chi connectivity index (χ2n) is 12.9. The molecule has 8 heteroatoms. The summed E-state index contributed by atoms with van der Waals surface area (Å²) in [5, 5.41) is 15.1. The van der Waals surface area contributed by atoms with Gasteiger partial charge in [-0.1, -0.05) is 140 Å². The summed E-state index contributed by atoms with van der Waals surface area (Å²) in [6.07, 6.45) is 15.4. The minimum atomic E-state index is -1.02. The van der Waals surface area contributed by atoms with Crippen LogP contribution < -0.4 is 16.4 Å². The van der Waals surface area contributed by atoms with E-state index in [0.717, 1.165) is 18.8 Å². The van der Waals surface area contributed by atoms with E-state index in [0.29, 0.717) is 36.8 Å². The number of hydrogen-bond donors (Lipinski definition) is 4. The highest BCUT2D eigenvalue weighted by Gasteiger charge is 2.20. The Morgan fingerprint density at radius 3 is 1.98 bits per heavy atom. The summed E-state index contributed by atoms with van der Waals surface area (Å²) < 4.78 is 11.5. The van der Waals surface area contributed by atoms with Gasteiger partial charge < -0.3 is 21.5 Å². The highest BCUT2D eigenvalue weighted by Crippen LogP contribution is 2.22. The number of carbonyl (C=O) groups excluding carboxylic acids is 2. The van der Waals surface area contributed by atoms with E-state index in [9.17, 15) is 18.9 Å². The molecule has 0 spiro atoms. The fourth-order valence-corrected chi connectivity index (χ4v) is 5.68. The number of aliphatic hydroxyl groups excluding tert-OH is 1. The molecule has 0 bridgehead atoms. The van der Waals surface area contributed by atoms with Crippen LogP contribution in [0.15, 0.2) is 60.7 Å². The van der Waals surface area contributed by atoms with Crippen molar-refractivity contribution in [3.63, 3.8) is 0 Å². The topological polar surface area (TPSA) is 122 Å². The first-order valence-corrected chi connectivity index (χ1v) is 20.3. The van der Waals surface area contributed by atoms with Crippen LogP contribution in [0.2, 0.25) is 0 Å². The highest BCUT2D eigenvalue weighted by atomic mass is 32.2. The van der Waals surface area contributed by atoms with Crippen molar-refractivity contribution in [1.29, 1.82) is 0 Å². The largest absolute Gasteiger partial charge is 0.391 e. The predicted molar refractivity (Wildman–Crippen MR) is 215 cm³/mol. The SMILES string of the molecule is C#CC[C@H](NC(=O)CCCS(=O)CCN)C(=O)NC[C@@H](O)CCC(C)C.CC.CC1CCCCC1.CCc1ccccc1.Cc1ccccc1. The van der Waals surface area contributed by atoms with Gasteiger partial charge in [0, 0.05) is 48.2 Å². The summed E-state index contributed by atoms with van der Waals surface area (Å²) in [4.78, 5) is 24.1. The van der Waals surface area contributed by atoms with Gasteiger partial charge in [-0.05, 0) is 50.0 Å². The summed E-state index contributed by atoms with van der Waals surface area (Å²) in [6.45, 7) is 15.2. The van der Waals surface area contributed by atoms with Crippen molar-refractivity contribution in [2.75, 3.05) is 24.6 Å². The van der Waals surface area contributed by atoms with Gasteiger partial charge >= 0.3 is 0 Å². The minimum absolute atomic E-state index is 0.0682. The zero-order valence-corrected chi connectivity index (χ0v) is 33.2. The van der Waals surface area contributed by atoms with E-state index in [-0.39, 0.29) is 25.3 Å². The second-order valence-corrected chi connectivity index (χ2v) is 14.6. The highest BCUT2D eigenvalue weighted by molar-refractivity contribution is 7.84. The fourth-order valence-electron chi connectivity index (χ4n) is 4.75. The quantitative estimate of drug-likeness (QED) is 0.141. The van der Waals surface area contributed by atoms with Gasteiger partial charge in [0.1, 0.15) is 6.04 Å². The summed E-state index contributed by atoms with van der Waals surface area (Å²) in [6, 6.07) is 19.9. The molecule has 2 amide bonds. The van der Waals surface area contributed by atoms with Crippen LogP contribution in [0.4, 0.5) is 0 Å². The van der Waals surface area contributed by atoms with Crippen molar-refractivity contribution in [2.24, 2.45) is 17.6 Å². The van der Waals surface area contributed by atoms with Crippen LogP contribution >= 0.6 is 0 Å². The number of carbonyl (C=O) groups is 2. The molecule has 50 heavy (non-hydrogen) atoms. The molecule has 3 rings (SSSR count). The molecule has 0 aliphatic heterocycles. The lowest BCUT2D eigenvalue weighted by Crippen LogP contribution is -2.48. The van der Waals surface area contributed by atoms with E-state index in [1.165, 1.54) is 43.2 Å². The molecular weight excluding hydrogens is 643 g/mol. The number of terminal acetylenes is 1. The molecule has 3 atom stereocenters. The lowest BCUT2D eigenvalue weighted by molar-refractivity contribution is -0.129. The molecule has 5 N–H and O–H groups in total. The van der Waals surface area contributed by atoms with Crippen molar-refractivity contribution in [3.05, 3.63) is 71.8 Å². The van der Waals surface area contributed by atoms with Gasteiger partial charge in [-0.2, -0.15) is 0 Å². The maximum atomic E-state index is 12.2. The number of amides is 2. The molecule has 1 aliphatic rings. The first-order chi connectivity index (χ1) is 24.0. The van der Waals surface area contributed by atoms with Gasteiger partial charge in [-0.25, -0.2) is 0 Å². The molecule has 1 aliphatic carbocycles. The van der Waals surface area contributed by atoms with Gasteiger partial charge in [0.2, 0.25) is 11.8 Å². The smallest absolute Gasteiger partial charge is 0.243 e. The third kappa shape index (κ3) is 31.0. The van der Waals surface area contributed by atoms with E-state index in [4.69, 9.17) is 12.2 Å². The van der Waals surface area contributed by atoms with Gasteiger partial charge in [-0.15, -0.1) is 12.3 Å². The summed E-state index contributed by atoms with van der Waals surface area (Å²) in [5.41, 5.74) is 8.05. The molecule has 2 aromatic carbocycles. The number of hydrogen-bond acceptors (Lipinski definition) is 5. The fraction of sp³-hybridized carbons (Fsp3) is 0.619. The van der Waals surface area contributed by atoms with Crippen LogP contribution in [0.5, 0.6) is 0 Å². The first kappa shape index (κ1) is 49.1. The Morgan fingerprint density at radius 2 is 1.56 bits per heavy atom. The number of nitrogens with one attached hydrogen (secondary N) is 2. The van der Waals surface area contributed by atoms with Crippen molar-refractivity contribution in [1.82, 2.24) is 10.6 Å². The van der Waals surface area contributed by atoms with Gasteiger partial charge in [0.15, 0.2) is 0 Å². The Hall–Kier alpha value is -2.99. The molecule has 284 valence electrons. The normalized spacial score (nSPS) is 13.8. The molecule has 0 saturated heterocycles. The Morgan fingerprint density at radius 1 is 0.980 bits per heavy atom. The number of aliphatic hydroxyl groups is 1. The minimum Gasteiger partial charge on any atom is -0.391 e. The second kappa shape index (κ2) is 34.5. The van der Waals surface area contributed by atoms with Crippen LogP contribution in [-0.4, -0.2) is 57.9 Å². The number of benzene rings is 2. The maximum absolute atomic E-state index is 12.2. The molecule has 0 heterocycles. The van der Waals surface area contributed by atoms with E-state index in [1.807, 2.05) is 38.1 Å². The summed E-state index contributed by atoms with van der Waals surface area (Å²) in [7, 11) is -1.02. The molecule has 0 radical (unpaired) electrons. The van der Waals surface area contributed by atoms with Crippen molar-refractivity contribution in [3.8, 4) is 12.3 Å². The third-order valence-corrected chi connectivity index (χ3v) is 9.20. The lowest BCUT2D eigenvalue weighted by atomic mass is 9.91. The number of rotatable bonds is 15. The van der Waals surface area contributed by atoms with E-state index >= 15 is 0 Å². The Bertz CT molecular complexity index is 1130. The predicted octanol–water partition coefficient (Wildman–Crippen LogP) is 7.75. The van der Waals surface area contributed by atoms with Crippen molar-refractivity contribution < 1.29 is 18.9 Å². The Balaban J connectivity index is 0. The van der Waals surface area contributed by atoms with E-state index in [1.54, 1.807) is 0 Å². The Labute approximate surface area is 308 Å². The van der Waals surface area contributed by atoms with Crippen molar-refractivity contribution in [2.45, 2.75) is 131 Å². The zero-order valence-electron chi connectivity index (χ0n) is 32.4. The van der Waals surface area contributed by atoms with E-state index < -0.39 is 28.9 Å². The standard InChI is InChI=1S/C18H33N3O4S.C8H10.C7H14.C7H8.C2H6/c1-4-6-16(18(24)20-13-15(22)9-8-14(2)3)21-17(23)7-5-11-26(25)12-10-19;1-2-8-6-4-3-5-7-8;2*1-7-5-3-2-4-6-7;1-2/h1,14-16,22H,5-13,19H2,2-3H3,(H,20,24)(H,21,23);3-7H,2H2,1H3;7H,2-6H2,1H3;2-6H,1H3;1-2H3/t15-,16-,26?;;;;/m0..../s1. The summed E-state index contributed by atoms with van der Waals surface area (Å²) >= 11 is 0. The first-order valence-electron chi connectivity index (χ1n) is 18.8. The average Bonchev–Trinajstić information content (AvgIpc) is 3.12. The molecule has 7 nitrogen and oxygen atoms in total. The monoisotopic (exact) mass is 714 g/mol. The van der Waals surface area contributed by atoms with Gasteiger partial charge in [0.25, 0.3) is 0 Å². The lowest BCUT2D eigenvalue weighted by Gasteiger charge is -2.18. The molecule has 1 saturated carbocycles. The number of nitrogens with two attached hydrogens (primary N) is 1. The number of aryl methyl sites for hydroxylation is 2. The zero-order chi connectivity index (χ0) is 38.0. The summed E-state index contributed by atoms with van der Waals surface area (Å²) in [5.74, 6) is 3.98. The maximum Gasteiger partial charge on any atom is 0.243 e. The van der Waals surface area contributed by atoms with Crippen LogP contribution in [0.1, 0.15) is 117 Å². The van der Waals surface area contributed by atoms with Crippen LogP contribution in [-0.2, 0) is 26.8 Å². The average molecular weight is 714 g/mol. The molecule has 1 unspecified atom stereocenters. The van der Waals surface area contributed by atoms with Crippen LogP contribution in [0.25, 0.3) is 0 Å². The molecular formula is C42H71N3O4S. The molecule has 2 aromatic rings. The van der Waals surface area contributed by atoms with Gasteiger partial charge in [0.05, 0.1) is 6.10 Å². The molecule has 0 aromatic heterocycles.